The lowest BCUT2D eigenvalue weighted by Gasteiger charge is -2.36. The normalized spacial score (nSPS) is 21.5. The molecule has 24 heavy (non-hydrogen) atoms. The second kappa shape index (κ2) is 8.07. The predicted octanol–water partition coefficient (Wildman–Crippen LogP) is 2.34. The largest absolute Gasteiger partial charge is 0.467 e. The number of rotatable bonds is 6. The lowest BCUT2D eigenvalue weighted by molar-refractivity contribution is -0.0323. The minimum absolute atomic E-state index is 0.138. The van der Waals surface area contributed by atoms with E-state index in [9.17, 15) is 9.32 Å². The van der Waals surface area contributed by atoms with Crippen molar-refractivity contribution >= 4 is 10.8 Å². The van der Waals surface area contributed by atoms with E-state index in [-0.39, 0.29) is 6.04 Å². The Kier molecular flexibility index (Phi) is 5.84. The topological polar surface area (TPSA) is 62.9 Å². The van der Waals surface area contributed by atoms with E-state index in [2.05, 4.69) is 4.90 Å². The highest BCUT2D eigenvalue weighted by molar-refractivity contribution is 7.84. The van der Waals surface area contributed by atoms with Gasteiger partial charge in [-0.1, -0.05) is 12.1 Å². The van der Waals surface area contributed by atoms with Gasteiger partial charge in [0.25, 0.3) is 0 Å². The number of hydrogen-bond acceptors (Lipinski definition) is 5. The van der Waals surface area contributed by atoms with Gasteiger partial charge in [0.2, 0.25) is 0 Å². The second-order valence-electron chi connectivity index (χ2n) is 6.06. The fraction of sp³-hybridized carbons (Fsp3) is 0.444. The van der Waals surface area contributed by atoms with Crippen molar-refractivity contribution in [3.05, 3.63) is 54.0 Å². The zero-order valence-corrected chi connectivity index (χ0v) is 14.6. The first kappa shape index (κ1) is 17.4. The maximum atomic E-state index is 11.5. The van der Waals surface area contributed by atoms with Gasteiger partial charge in [-0.2, -0.15) is 0 Å². The Hall–Kier alpha value is -1.47. The molecule has 1 fully saturated rings. The van der Waals surface area contributed by atoms with E-state index >= 15 is 0 Å². The van der Waals surface area contributed by atoms with Crippen molar-refractivity contribution in [2.24, 2.45) is 0 Å². The van der Waals surface area contributed by atoms with Crippen LogP contribution in [-0.4, -0.2) is 46.3 Å². The summed E-state index contributed by atoms with van der Waals surface area (Å²) < 4.78 is 22.4. The second-order valence-corrected chi connectivity index (χ2v) is 7.44. The Morgan fingerprint density at radius 1 is 1.33 bits per heavy atom. The highest BCUT2D eigenvalue weighted by Crippen LogP contribution is 2.24. The summed E-state index contributed by atoms with van der Waals surface area (Å²) >= 11 is 0. The molecule has 1 aliphatic heterocycles. The number of nitrogens with zero attached hydrogens (tertiary/aromatic N) is 1. The van der Waals surface area contributed by atoms with Crippen LogP contribution in [0.2, 0.25) is 0 Å². The van der Waals surface area contributed by atoms with Gasteiger partial charge in [0, 0.05) is 41.1 Å². The van der Waals surface area contributed by atoms with Gasteiger partial charge in [-0.15, -0.1) is 0 Å². The van der Waals surface area contributed by atoms with Crippen molar-refractivity contribution in [3.8, 4) is 0 Å². The number of aliphatic hydroxyl groups excluding tert-OH is 1. The summed E-state index contributed by atoms with van der Waals surface area (Å²) in [5, 5.41) is 10.3. The standard InChI is InChI=1S/C18H23NO4S/c1-24(21)16-6-4-14(5-7-16)12-19-8-10-22-13-15(19)11-17(20)18-3-2-9-23-18/h2-7,9,15,17,20H,8,10-13H2,1H3. The van der Waals surface area contributed by atoms with Gasteiger partial charge in [-0.05, 0) is 36.2 Å². The molecule has 1 aromatic carbocycles. The SMILES string of the molecule is CS(=O)c1ccc(CN2CCOCC2CC(O)c2ccco2)cc1. The molecule has 0 saturated carbocycles. The predicted molar refractivity (Wildman–Crippen MR) is 92.1 cm³/mol. The monoisotopic (exact) mass is 349 g/mol. The number of aliphatic hydroxyl groups is 1. The summed E-state index contributed by atoms with van der Waals surface area (Å²) in [7, 11) is -0.953. The molecule has 3 unspecified atom stereocenters. The molecule has 1 aliphatic rings. The molecule has 0 radical (unpaired) electrons. The van der Waals surface area contributed by atoms with Crippen LogP contribution in [0.4, 0.5) is 0 Å². The van der Waals surface area contributed by atoms with E-state index in [1.165, 1.54) is 5.56 Å². The molecule has 2 aromatic rings. The van der Waals surface area contributed by atoms with Gasteiger partial charge in [0.05, 0.1) is 19.5 Å². The summed E-state index contributed by atoms with van der Waals surface area (Å²) in [4.78, 5) is 3.17. The summed E-state index contributed by atoms with van der Waals surface area (Å²) in [5.74, 6) is 0.593. The molecule has 6 heteroatoms. The minimum atomic E-state index is -0.953. The van der Waals surface area contributed by atoms with Crippen molar-refractivity contribution in [3.63, 3.8) is 0 Å². The molecule has 3 atom stereocenters. The molecular weight excluding hydrogens is 326 g/mol. The zero-order chi connectivity index (χ0) is 16.9. The van der Waals surface area contributed by atoms with Crippen LogP contribution in [0.3, 0.4) is 0 Å². The van der Waals surface area contributed by atoms with Crippen LogP contribution in [0.1, 0.15) is 23.8 Å². The molecular formula is C18H23NO4S. The van der Waals surface area contributed by atoms with Gasteiger partial charge in [0.1, 0.15) is 11.9 Å². The van der Waals surface area contributed by atoms with E-state index in [1.807, 2.05) is 24.3 Å². The summed E-state index contributed by atoms with van der Waals surface area (Å²) in [6, 6.07) is 11.6. The fourth-order valence-electron chi connectivity index (χ4n) is 2.99. The highest BCUT2D eigenvalue weighted by atomic mass is 32.2. The Morgan fingerprint density at radius 2 is 2.12 bits per heavy atom. The maximum Gasteiger partial charge on any atom is 0.132 e. The molecule has 130 valence electrons. The van der Waals surface area contributed by atoms with E-state index < -0.39 is 16.9 Å². The van der Waals surface area contributed by atoms with Gasteiger partial charge >= 0.3 is 0 Å². The molecule has 1 aromatic heterocycles. The van der Waals surface area contributed by atoms with Crippen LogP contribution >= 0.6 is 0 Å². The van der Waals surface area contributed by atoms with Gasteiger partial charge in [-0.3, -0.25) is 9.11 Å². The van der Waals surface area contributed by atoms with Gasteiger partial charge in [-0.25, -0.2) is 0 Å². The van der Waals surface area contributed by atoms with Crippen LogP contribution in [0.25, 0.3) is 0 Å². The van der Waals surface area contributed by atoms with Crippen LogP contribution in [0, 0.1) is 0 Å². The Labute approximate surface area is 144 Å². The number of benzene rings is 1. The number of ether oxygens (including phenoxy) is 1. The number of hydrogen-bond donors (Lipinski definition) is 1. The Bertz CT molecular complexity index is 656. The molecule has 5 nitrogen and oxygen atoms in total. The zero-order valence-electron chi connectivity index (χ0n) is 13.8. The number of furan rings is 1. The third-order valence-electron chi connectivity index (χ3n) is 4.36. The first-order chi connectivity index (χ1) is 11.6. The molecule has 0 spiro atoms. The third-order valence-corrected chi connectivity index (χ3v) is 5.29. The summed E-state index contributed by atoms with van der Waals surface area (Å²) in [6.07, 6.45) is 3.21. The van der Waals surface area contributed by atoms with Crippen molar-refractivity contribution in [2.75, 3.05) is 26.0 Å². The molecule has 3 rings (SSSR count). The van der Waals surface area contributed by atoms with Crippen LogP contribution in [0.5, 0.6) is 0 Å². The molecule has 0 bridgehead atoms. The van der Waals surface area contributed by atoms with E-state index in [4.69, 9.17) is 9.15 Å². The van der Waals surface area contributed by atoms with E-state index in [0.717, 1.165) is 18.0 Å². The first-order valence-electron chi connectivity index (χ1n) is 8.09. The summed E-state index contributed by atoms with van der Waals surface area (Å²) in [6.45, 7) is 2.92. The molecule has 1 saturated heterocycles. The third kappa shape index (κ3) is 4.33. The van der Waals surface area contributed by atoms with Crippen molar-refractivity contribution in [1.29, 1.82) is 0 Å². The number of morpholine rings is 1. The maximum absolute atomic E-state index is 11.5. The summed E-state index contributed by atoms with van der Waals surface area (Å²) in [5.41, 5.74) is 1.17. The lowest BCUT2D eigenvalue weighted by atomic mass is 10.0. The van der Waals surface area contributed by atoms with Crippen molar-refractivity contribution in [1.82, 2.24) is 4.90 Å². The van der Waals surface area contributed by atoms with Crippen molar-refractivity contribution in [2.45, 2.75) is 30.0 Å². The first-order valence-corrected chi connectivity index (χ1v) is 9.65. The minimum Gasteiger partial charge on any atom is -0.467 e. The highest BCUT2D eigenvalue weighted by Gasteiger charge is 2.27. The molecule has 0 amide bonds. The van der Waals surface area contributed by atoms with Crippen LogP contribution < -0.4 is 0 Å². The molecule has 2 heterocycles. The van der Waals surface area contributed by atoms with Gasteiger partial charge in [0.15, 0.2) is 0 Å². The van der Waals surface area contributed by atoms with Crippen molar-refractivity contribution < 1.29 is 18.5 Å². The quantitative estimate of drug-likeness (QED) is 0.867. The average Bonchev–Trinajstić information content (AvgIpc) is 3.12. The Morgan fingerprint density at radius 3 is 2.79 bits per heavy atom. The fourth-order valence-corrected chi connectivity index (χ4v) is 3.51. The van der Waals surface area contributed by atoms with Crippen LogP contribution in [-0.2, 0) is 22.1 Å². The lowest BCUT2D eigenvalue weighted by Crippen LogP contribution is -2.45. The van der Waals surface area contributed by atoms with Gasteiger partial charge < -0.3 is 14.3 Å². The molecule has 1 N–H and O–H groups in total. The average molecular weight is 349 g/mol. The smallest absolute Gasteiger partial charge is 0.132 e. The van der Waals surface area contributed by atoms with E-state index in [0.29, 0.717) is 25.4 Å². The van der Waals surface area contributed by atoms with Crippen LogP contribution in [0.15, 0.2) is 52.0 Å². The Balaban J connectivity index is 1.64. The van der Waals surface area contributed by atoms with E-state index in [1.54, 1.807) is 24.7 Å². The molecule has 0 aliphatic carbocycles.